The Morgan fingerprint density at radius 1 is 0.679 bits per heavy atom. The van der Waals surface area contributed by atoms with Gasteiger partial charge in [0.25, 0.3) is 0 Å². The van der Waals surface area contributed by atoms with Crippen LogP contribution in [0.25, 0.3) is 0 Å². The van der Waals surface area contributed by atoms with E-state index in [0.29, 0.717) is 23.5 Å². The quantitative estimate of drug-likeness (QED) is 0.297. The highest BCUT2D eigenvalue weighted by atomic mass is 16.3. The molecule has 0 saturated heterocycles. The Balaban J connectivity index is 2.79. The van der Waals surface area contributed by atoms with Crippen molar-refractivity contribution in [3.63, 3.8) is 0 Å². The van der Waals surface area contributed by atoms with Crippen molar-refractivity contribution in [2.24, 2.45) is 23.7 Å². The first kappa shape index (κ1) is 25.1. The van der Waals surface area contributed by atoms with E-state index in [1.807, 2.05) is 12.1 Å². The number of aromatic hydroxyl groups is 1. The molecule has 1 heteroatoms. The average Bonchev–Trinajstić information content (AvgIpc) is 2.64. The lowest BCUT2D eigenvalue weighted by Gasteiger charge is -2.33. The average molecular weight is 389 g/mol. The molecule has 0 saturated carbocycles. The summed E-state index contributed by atoms with van der Waals surface area (Å²) in [5.41, 5.74) is 1.42. The lowest BCUT2D eigenvalue weighted by molar-refractivity contribution is 0.250. The molecule has 1 aromatic rings. The summed E-state index contributed by atoms with van der Waals surface area (Å²) in [4.78, 5) is 0. The van der Waals surface area contributed by atoms with E-state index in [-0.39, 0.29) is 0 Å². The largest absolute Gasteiger partial charge is 0.508 e. The number of hydrogen-bond acceptors (Lipinski definition) is 1. The fraction of sp³-hybridized carbons (Fsp3) is 0.778. The summed E-state index contributed by atoms with van der Waals surface area (Å²) in [5, 5.41) is 9.75. The Bertz CT molecular complexity index is 467. The second-order valence-electron chi connectivity index (χ2n) is 9.75. The van der Waals surface area contributed by atoms with E-state index >= 15 is 0 Å². The zero-order valence-electron chi connectivity index (χ0n) is 19.7. The molecule has 0 aromatic heterocycles. The molecule has 0 amide bonds. The summed E-state index contributed by atoms with van der Waals surface area (Å²) >= 11 is 0. The molecule has 1 aromatic carbocycles. The third kappa shape index (κ3) is 9.48. The Labute approximate surface area is 176 Å². The molecule has 0 aliphatic carbocycles. The highest BCUT2D eigenvalue weighted by Gasteiger charge is 2.27. The number of phenols is 1. The molecule has 4 atom stereocenters. The van der Waals surface area contributed by atoms with Crippen LogP contribution in [0.15, 0.2) is 24.3 Å². The second-order valence-corrected chi connectivity index (χ2v) is 9.75. The summed E-state index contributed by atoms with van der Waals surface area (Å²) in [6, 6.07) is 8.07. The first-order valence-electron chi connectivity index (χ1n) is 12.2. The van der Waals surface area contributed by atoms with Crippen LogP contribution in [-0.4, -0.2) is 5.11 Å². The van der Waals surface area contributed by atoms with Crippen molar-refractivity contribution in [1.82, 2.24) is 0 Å². The zero-order chi connectivity index (χ0) is 20.9. The molecular weight excluding hydrogens is 340 g/mol. The minimum absolute atomic E-state index is 0.378. The smallest absolute Gasteiger partial charge is 0.115 e. The minimum atomic E-state index is 0.378. The van der Waals surface area contributed by atoms with E-state index in [2.05, 4.69) is 53.7 Å². The third-order valence-corrected chi connectivity index (χ3v) is 6.65. The van der Waals surface area contributed by atoms with Gasteiger partial charge in [-0.3, -0.25) is 0 Å². The van der Waals surface area contributed by atoms with Crippen molar-refractivity contribution in [2.75, 3.05) is 0 Å². The van der Waals surface area contributed by atoms with Gasteiger partial charge in [0.15, 0.2) is 0 Å². The van der Waals surface area contributed by atoms with Crippen LogP contribution in [-0.2, 0) is 0 Å². The van der Waals surface area contributed by atoms with Gasteiger partial charge in [0.1, 0.15) is 5.75 Å². The molecule has 1 N–H and O–H groups in total. The first-order chi connectivity index (χ1) is 13.4. The van der Waals surface area contributed by atoms with Crippen LogP contribution in [0.4, 0.5) is 0 Å². The van der Waals surface area contributed by atoms with Crippen molar-refractivity contribution >= 4 is 0 Å². The van der Waals surface area contributed by atoms with Gasteiger partial charge in [-0.1, -0.05) is 105 Å². The molecule has 1 nitrogen and oxygen atoms in total. The predicted octanol–water partition coefficient (Wildman–Crippen LogP) is 8.96. The SMILES string of the molecule is CCCCCC(C)CC(C)C(c1ccc(O)cc1)C(C)CC(C)CCCCC. The number of unbranched alkanes of at least 4 members (excludes halogenated alkanes) is 4. The Kier molecular flexibility index (Phi) is 12.6. The fourth-order valence-corrected chi connectivity index (χ4v) is 5.20. The van der Waals surface area contributed by atoms with Crippen molar-refractivity contribution < 1.29 is 5.11 Å². The molecule has 4 unspecified atom stereocenters. The van der Waals surface area contributed by atoms with Crippen LogP contribution in [0, 0.1) is 23.7 Å². The summed E-state index contributed by atoms with van der Waals surface area (Å²) in [5.74, 6) is 3.93. The lowest BCUT2D eigenvalue weighted by atomic mass is 9.72. The van der Waals surface area contributed by atoms with Crippen molar-refractivity contribution in [3.05, 3.63) is 29.8 Å². The standard InChI is InChI=1S/C27H48O/c1-7-9-11-13-21(3)19-23(5)27(25-15-17-26(28)18-16-25)24(6)20-22(4)14-12-10-8-2/h15-18,21-24,27-28H,7-14,19-20H2,1-6H3. The Morgan fingerprint density at radius 3 is 1.50 bits per heavy atom. The van der Waals surface area contributed by atoms with E-state index in [1.165, 1.54) is 69.8 Å². The van der Waals surface area contributed by atoms with Gasteiger partial charge >= 0.3 is 0 Å². The van der Waals surface area contributed by atoms with Gasteiger partial charge in [-0.2, -0.15) is 0 Å². The summed E-state index contributed by atoms with van der Waals surface area (Å²) in [7, 11) is 0. The lowest BCUT2D eigenvalue weighted by Crippen LogP contribution is -2.21. The van der Waals surface area contributed by atoms with Crippen LogP contribution in [0.5, 0.6) is 5.75 Å². The highest BCUT2D eigenvalue weighted by Crippen LogP contribution is 2.40. The minimum Gasteiger partial charge on any atom is -0.508 e. The fourth-order valence-electron chi connectivity index (χ4n) is 5.20. The van der Waals surface area contributed by atoms with Crippen molar-refractivity contribution in [3.8, 4) is 5.75 Å². The van der Waals surface area contributed by atoms with Gasteiger partial charge in [-0.25, -0.2) is 0 Å². The van der Waals surface area contributed by atoms with E-state index in [0.717, 1.165) is 11.8 Å². The second kappa shape index (κ2) is 14.1. The van der Waals surface area contributed by atoms with Crippen LogP contribution in [0.3, 0.4) is 0 Å². The summed E-state index contributed by atoms with van der Waals surface area (Å²) in [6.45, 7) is 14.4. The monoisotopic (exact) mass is 388 g/mol. The van der Waals surface area contributed by atoms with Crippen LogP contribution in [0.1, 0.15) is 117 Å². The maximum Gasteiger partial charge on any atom is 0.115 e. The zero-order valence-corrected chi connectivity index (χ0v) is 19.7. The Hall–Kier alpha value is -0.980. The van der Waals surface area contributed by atoms with Gasteiger partial charge in [0.2, 0.25) is 0 Å². The molecule has 0 aliphatic heterocycles. The van der Waals surface area contributed by atoms with E-state index in [1.54, 1.807) is 0 Å². The predicted molar refractivity (Wildman–Crippen MR) is 125 cm³/mol. The first-order valence-corrected chi connectivity index (χ1v) is 12.2. The molecule has 0 spiro atoms. The number of phenolic OH excluding ortho intramolecular Hbond substituents is 1. The van der Waals surface area contributed by atoms with Gasteiger partial charge in [0, 0.05) is 0 Å². The van der Waals surface area contributed by atoms with Gasteiger partial charge in [-0.05, 0) is 60.1 Å². The normalized spacial score (nSPS) is 17.1. The topological polar surface area (TPSA) is 20.2 Å². The Morgan fingerprint density at radius 2 is 1.11 bits per heavy atom. The van der Waals surface area contributed by atoms with Gasteiger partial charge in [0.05, 0.1) is 0 Å². The van der Waals surface area contributed by atoms with E-state index < -0.39 is 0 Å². The number of rotatable bonds is 15. The molecular formula is C27H48O. The van der Waals surface area contributed by atoms with Crippen molar-refractivity contribution in [2.45, 2.75) is 112 Å². The van der Waals surface area contributed by atoms with Crippen LogP contribution >= 0.6 is 0 Å². The molecule has 162 valence electrons. The van der Waals surface area contributed by atoms with Gasteiger partial charge in [-0.15, -0.1) is 0 Å². The molecule has 1 rings (SSSR count). The number of hydrogen-bond donors (Lipinski definition) is 1. The molecule has 0 heterocycles. The highest BCUT2D eigenvalue weighted by molar-refractivity contribution is 5.29. The number of benzene rings is 1. The van der Waals surface area contributed by atoms with E-state index in [4.69, 9.17) is 0 Å². The van der Waals surface area contributed by atoms with Crippen LogP contribution < -0.4 is 0 Å². The maximum absolute atomic E-state index is 9.75. The van der Waals surface area contributed by atoms with E-state index in [9.17, 15) is 5.11 Å². The summed E-state index contributed by atoms with van der Waals surface area (Å²) < 4.78 is 0. The molecule has 0 aliphatic rings. The maximum atomic E-state index is 9.75. The van der Waals surface area contributed by atoms with Gasteiger partial charge < -0.3 is 5.11 Å². The summed E-state index contributed by atoms with van der Waals surface area (Å²) in [6.07, 6.45) is 13.4. The van der Waals surface area contributed by atoms with Crippen LogP contribution in [0.2, 0.25) is 0 Å². The van der Waals surface area contributed by atoms with Crippen molar-refractivity contribution in [1.29, 1.82) is 0 Å². The third-order valence-electron chi connectivity index (χ3n) is 6.65. The molecule has 28 heavy (non-hydrogen) atoms. The molecule has 0 bridgehead atoms. The molecule has 0 radical (unpaired) electrons. The molecule has 0 fully saturated rings.